The third-order valence-electron chi connectivity index (χ3n) is 7.10. The zero-order valence-electron chi connectivity index (χ0n) is 17.5. The molecule has 2 saturated heterocycles. The van der Waals surface area contributed by atoms with Gasteiger partial charge in [-0.1, -0.05) is 66.7 Å². The van der Waals surface area contributed by atoms with Gasteiger partial charge in [-0.05, 0) is 23.1 Å². The second-order valence-corrected chi connectivity index (χ2v) is 8.44. The first-order valence-electron chi connectivity index (χ1n) is 10.5. The predicted molar refractivity (Wildman–Crippen MR) is 114 cm³/mol. The molecule has 0 spiro atoms. The first-order chi connectivity index (χ1) is 15.0. The number of rotatable bonds is 3. The Kier molecular flexibility index (Phi) is 4.55. The van der Waals surface area contributed by atoms with Crippen molar-refractivity contribution < 1.29 is 19.1 Å². The van der Waals surface area contributed by atoms with E-state index in [0.29, 0.717) is 13.0 Å². The molecule has 6 nitrogen and oxygen atoms in total. The highest BCUT2D eigenvalue weighted by atomic mass is 16.5. The van der Waals surface area contributed by atoms with Crippen LogP contribution < -0.4 is 0 Å². The molecule has 4 atom stereocenters. The number of imide groups is 1. The van der Waals surface area contributed by atoms with E-state index in [1.54, 1.807) is 0 Å². The molecule has 3 aliphatic rings. The Bertz CT molecular complexity index is 1080. The summed E-state index contributed by atoms with van der Waals surface area (Å²) in [7, 11) is 2.86. The summed E-state index contributed by atoms with van der Waals surface area (Å²) in [5, 5.41) is 0. The first-order valence-corrected chi connectivity index (χ1v) is 10.5. The molecule has 2 fully saturated rings. The number of ether oxygens (including phenoxy) is 1. The number of amides is 2. The van der Waals surface area contributed by atoms with Gasteiger partial charge in [-0.2, -0.15) is 0 Å². The number of hydrogen-bond donors (Lipinski definition) is 0. The molecule has 0 radical (unpaired) electrons. The van der Waals surface area contributed by atoms with Crippen molar-refractivity contribution in [3.63, 3.8) is 0 Å². The second-order valence-electron chi connectivity index (χ2n) is 8.44. The minimum Gasteiger partial charge on any atom is -0.468 e. The number of methoxy groups -OCH3 is 1. The van der Waals surface area contributed by atoms with E-state index < -0.39 is 23.3 Å². The van der Waals surface area contributed by atoms with Crippen LogP contribution in [0.1, 0.15) is 23.6 Å². The zero-order chi connectivity index (χ0) is 21.8. The van der Waals surface area contributed by atoms with Gasteiger partial charge in [0.1, 0.15) is 5.54 Å². The van der Waals surface area contributed by atoms with Gasteiger partial charge in [0.15, 0.2) is 0 Å². The van der Waals surface area contributed by atoms with Crippen molar-refractivity contribution in [2.24, 2.45) is 11.8 Å². The quantitative estimate of drug-likeness (QED) is 0.569. The molecular weight excluding hydrogens is 392 g/mol. The number of fused-ring (bicyclic) bond motifs is 3. The maximum atomic E-state index is 13.3. The molecule has 2 aromatic carbocycles. The maximum Gasteiger partial charge on any atom is 0.327 e. The highest BCUT2D eigenvalue weighted by Crippen LogP contribution is 2.58. The highest BCUT2D eigenvalue weighted by molar-refractivity contribution is 6.09. The van der Waals surface area contributed by atoms with E-state index >= 15 is 0 Å². The number of likely N-dealkylation sites (tertiary alicyclic amines) is 1. The summed E-state index contributed by atoms with van der Waals surface area (Å²) in [5.74, 6) is -2.39. The fraction of sp³-hybridized carbons (Fsp3) is 0.320. The molecular formula is C25H24N2O4. The Hall–Kier alpha value is -3.25. The first kappa shape index (κ1) is 19.7. The van der Waals surface area contributed by atoms with Gasteiger partial charge in [0.25, 0.3) is 0 Å². The molecule has 31 heavy (non-hydrogen) atoms. The van der Waals surface area contributed by atoms with E-state index in [1.807, 2.05) is 66.7 Å². The van der Waals surface area contributed by atoms with Crippen LogP contribution in [-0.2, 0) is 19.1 Å². The number of benzene rings is 2. The Morgan fingerprint density at radius 2 is 1.65 bits per heavy atom. The molecule has 0 bridgehead atoms. The zero-order valence-corrected chi connectivity index (χ0v) is 17.5. The van der Waals surface area contributed by atoms with Crippen LogP contribution >= 0.6 is 0 Å². The van der Waals surface area contributed by atoms with E-state index in [4.69, 9.17) is 4.74 Å². The van der Waals surface area contributed by atoms with E-state index in [-0.39, 0.29) is 17.9 Å². The average molecular weight is 416 g/mol. The van der Waals surface area contributed by atoms with Crippen LogP contribution in [-0.4, -0.2) is 53.8 Å². The van der Waals surface area contributed by atoms with Crippen molar-refractivity contribution in [1.29, 1.82) is 0 Å². The fourth-order valence-electron chi connectivity index (χ4n) is 5.69. The number of esters is 1. The van der Waals surface area contributed by atoms with E-state index in [9.17, 15) is 14.4 Å². The summed E-state index contributed by atoms with van der Waals surface area (Å²) < 4.78 is 5.25. The molecule has 2 aromatic rings. The van der Waals surface area contributed by atoms with Crippen molar-refractivity contribution in [3.8, 4) is 0 Å². The standard InChI is InChI=1S/C25H24N2O4/c1-26-22(28)19-20(23(26)29)25(24(30)31-2)14-13-18(16-9-5-3-6-10-16)15-27(25)21(19)17-11-7-4-8-12-17/h3-13,19-21H,14-15H2,1-2H3/t19-,20-,21-,25+/m1/s1. The Balaban J connectivity index is 1.71. The molecule has 3 heterocycles. The molecule has 158 valence electrons. The predicted octanol–water partition coefficient (Wildman–Crippen LogP) is 2.67. The van der Waals surface area contributed by atoms with Crippen LogP contribution in [0.15, 0.2) is 66.7 Å². The van der Waals surface area contributed by atoms with Crippen LogP contribution in [0.3, 0.4) is 0 Å². The normalized spacial score (nSPS) is 30.1. The summed E-state index contributed by atoms with van der Waals surface area (Å²) in [5.41, 5.74) is 1.87. The lowest BCUT2D eigenvalue weighted by molar-refractivity contribution is -0.160. The van der Waals surface area contributed by atoms with E-state index in [2.05, 4.69) is 4.90 Å². The van der Waals surface area contributed by atoms with Crippen molar-refractivity contribution in [2.75, 3.05) is 20.7 Å². The average Bonchev–Trinajstić information content (AvgIpc) is 3.25. The van der Waals surface area contributed by atoms with Crippen LogP contribution in [0.25, 0.3) is 5.57 Å². The molecule has 2 amide bonds. The minimum absolute atomic E-state index is 0.234. The van der Waals surface area contributed by atoms with Gasteiger partial charge in [-0.3, -0.25) is 24.2 Å². The van der Waals surface area contributed by atoms with Crippen molar-refractivity contribution in [2.45, 2.75) is 18.0 Å². The second kappa shape index (κ2) is 7.17. The fourth-order valence-corrected chi connectivity index (χ4v) is 5.69. The number of carbonyl (C=O) groups excluding carboxylic acids is 3. The lowest BCUT2D eigenvalue weighted by Gasteiger charge is -2.44. The molecule has 0 unspecified atom stereocenters. The topological polar surface area (TPSA) is 66.9 Å². The van der Waals surface area contributed by atoms with Crippen LogP contribution in [0.2, 0.25) is 0 Å². The largest absolute Gasteiger partial charge is 0.468 e. The van der Waals surface area contributed by atoms with Crippen molar-refractivity contribution in [1.82, 2.24) is 9.80 Å². The number of carbonyl (C=O) groups is 3. The molecule has 0 N–H and O–H groups in total. The van der Waals surface area contributed by atoms with Crippen LogP contribution in [0, 0.1) is 11.8 Å². The molecule has 3 aliphatic heterocycles. The Morgan fingerprint density at radius 3 is 2.29 bits per heavy atom. The Morgan fingerprint density at radius 1 is 1.00 bits per heavy atom. The van der Waals surface area contributed by atoms with Gasteiger partial charge < -0.3 is 4.74 Å². The summed E-state index contributed by atoms with van der Waals surface area (Å²) in [6.07, 6.45) is 2.35. The lowest BCUT2D eigenvalue weighted by atomic mass is 9.75. The monoisotopic (exact) mass is 416 g/mol. The smallest absolute Gasteiger partial charge is 0.327 e. The van der Waals surface area contributed by atoms with Gasteiger partial charge in [0.05, 0.1) is 18.9 Å². The van der Waals surface area contributed by atoms with E-state index in [1.165, 1.54) is 19.1 Å². The van der Waals surface area contributed by atoms with Gasteiger partial charge in [-0.15, -0.1) is 0 Å². The summed E-state index contributed by atoms with van der Waals surface area (Å²) >= 11 is 0. The Labute approximate surface area is 181 Å². The highest BCUT2D eigenvalue weighted by Gasteiger charge is 2.72. The molecule has 0 aromatic heterocycles. The van der Waals surface area contributed by atoms with E-state index in [0.717, 1.165) is 16.7 Å². The summed E-state index contributed by atoms with van der Waals surface area (Å²) in [6.45, 7) is 0.454. The SMILES string of the molecule is COC(=O)[C@@]12CC=C(c3ccccc3)CN1[C@H](c1ccccc1)[C@@H]1C(=O)N(C)C(=O)[C@@H]12. The summed E-state index contributed by atoms with van der Waals surface area (Å²) in [4.78, 5) is 43.0. The van der Waals surface area contributed by atoms with Gasteiger partial charge in [0.2, 0.25) is 11.8 Å². The summed E-state index contributed by atoms with van der Waals surface area (Å²) in [6, 6.07) is 19.3. The third kappa shape index (κ3) is 2.64. The lowest BCUT2D eigenvalue weighted by Crippen LogP contribution is -2.59. The van der Waals surface area contributed by atoms with Crippen LogP contribution in [0.5, 0.6) is 0 Å². The minimum atomic E-state index is -1.20. The molecule has 0 saturated carbocycles. The third-order valence-corrected chi connectivity index (χ3v) is 7.10. The van der Waals surface area contributed by atoms with Gasteiger partial charge in [0, 0.05) is 19.6 Å². The van der Waals surface area contributed by atoms with Gasteiger partial charge >= 0.3 is 5.97 Å². The van der Waals surface area contributed by atoms with Gasteiger partial charge in [-0.25, -0.2) is 0 Å². The van der Waals surface area contributed by atoms with Crippen molar-refractivity contribution in [3.05, 3.63) is 77.9 Å². The molecule has 6 heteroatoms. The number of hydrogen-bond acceptors (Lipinski definition) is 5. The van der Waals surface area contributed by atoms with Crippen molar-refractivity contribution >= 4 is 23.4 Å². The number of nitrogens with zero attached hydrogens (tertiary/aromatic N) is 2. The van der Waals surface area contributed by atoms with Crippen LogP contribution in [0.4, 0.5) is 0 Å². The molecule has 0 aliphatic carbocycles. The molecule has 5 rings (SSSR count). The maximum absolute atomic E-state index is 13.3.